The van der Waals surface area contributed by atoms with Crippen LogP contribution in [0.25, 0.3) is 0 Å². The van der Waals surface area contributed by atoms with E-state index < -0.39 is 29.1 Å². The predicted molar refractivity (Wildman–Crippen MR) is 86.2 cm³/mol. The predicted octanol–water partition coefficient (Wildman–Crippen LogP) is 2.99. The van der Waals surface area contributed by atoms with Gasteiger partial charge in [0.05, 0.1) is 12.2 Å². The number of hydrogen-bond acceptors (Lipinski definition) is 3. The Morgan fingerprint density at radius 3 is 2.29 bits per heavy atom. The Balaban J connectivity index is 2.93. The van der Waals surface area contributed by atoms with Crippen LogP contribution in [0.5, 0.6) is 0 Å². The molecule has 1 aromatic carbocycles. The molecule has 0 saturated heterocycles. The Kier molecular flexibility index (Phi) is 6.85. The quantitative estimate of drug-likeness (QED) is 0.656. The third-order valence-corrected chi connectivity index (χ3v) is 4.42. The van der Waals surface area contributed by atoms with Gasteiger partial charge in [0.2, 0.25) is 0 Å². The summed E-state index contributed by atoms with van der Waals surface area (Å²) in [5, 5.41) is 0. The lowest BCUT2D eigenvalue weighted by atomic mass is 10.1. The van der Waals surface area contributed by atoms with Crippen molar-refractivity contribution in [3.63, 3.8) is 0 Å². The van der Waals surface area contributed by atoms with Gasteiger partial charge in [-0.3, -0.25) is 4.72 Å². The molecule has 0 radical (unpaired) electrons. The highest BCUT2D eigenvalue weighted by Crippen LogP contribution is 2.25. The highest BCUT2D eigenvalue weighted by Gasteiger charge is 2.41. The number of halogens is 4. The average Bonchev–Trinajstić information content (AvgIpc) is 2.49. The molecule has 0 spiro atoms. The number of alkyl halides is 4. The van der Waals surface area contributed by atoms with Crippen molar-refractivity contribution in [3.05, 3.63) is 23.8 Å². The Labute approximate surface area is 139 Å². The first-order chi connectivity index (χ1) is 11.0. The van der Waals surface area contributed by atoms with Crippen LogP contribution in [-0.2, 0) is 10.2 Å². The molecular formula is C14H21F4N3O2S. The SMILES string of the molecule is CCN(CC)c1ccc(C)c(NS(=O)(=O)NCC(F)(F)C(F)F)c1. The van der Waals surface area contributed by atoms with E-state index in [-0.39, 0.29) is 5.69 Å². The van der Waals surface area contributed by atoms with E-state index in [0.717, 1.165) is 5.69 Å². The van der Waals surface area contributed by atoms with Crippen molar-refractivity contribution in [2.75, 3.05) is 29.3 Å². The minimum absolute atomic E-state index is 0.187. The van der Waals surface area contributed by atoms with Crippen LogP contribution in [0.15, 0.2) is 18.2 Å². The highest BCUT2D eigenvalue weighted by molar-refractivity contribution is 7.90. The zero-order chi connectivity index (χ0) is 18.5. The van der Waals surface area contributed by atoms with Crippen molar-refractivity contribution >= 4 is 21.6 Å². The molecule has 138 valence electrons. The van der Waals surface area contributed by atoms with Gasteiger partial charge in [-0.25, -0.2) is 8.78 Å². The van der Waals surface area contributed by atoms with Crippen molar-refractivity contribution in [2.45, 2.75) is 33.1 Å². The lowest BCUT2D eigenvalue weighted by Gasteiger charge is -2.23. The summed E-state index contributed by atoms with van der Waals surface area (Å²) in [6.07, 6.45) is -3.95. The third kappa shape index (κ3) is 5.52. The molecule has 24 heavy (non-hydrogen) atoms. The van der Waals surface area contributed by atoms with E-state index in [0.29, 0.717) is 18.7 Å². The molecule has 0 aliphatic heterocycles. The second kappa shape index (κ2) is 8.02. The van der Waals surface area contributed by atoms with Crippen molar-refractivity contribution in [1.82, 2.24) is 4.72 Å². The fourth-order valence-corrected chi connectivity index (χ4v) is 2.92. The molecular weight excluding hydrogens is 350 g/mol. The molecule has 0 saturated carbocycles. The van der Waals surface area contributed by atoms with Crippen LogP contribution in [0, 0.1) is 6.92 Å². The molecule has 5 nitrogen and oxygen atoms in total. The average molecular weight is 371 g/mol. The number of benzene rings is 1. The zero-order valence-electron chi connectivity index (χ0n) is 13.6. The summed E-state index contributed by atoms with van der Waals surface area (Å²) >= 11 is 0. The van der Waals surface area contributed by atoms with Gasteiger partial charge in [-0.1, -0.05) is 6.07 Å². The molecule has 0 aliphatic carbocycles. The molecule has 0 aliphatic rings. The Bertz CT molecular complexity index is 649. The van der Waals surface area contributed by atoms with Crippen LogP contribution < -0.4 is 14.3 Å². The van der Waals surface area contributed by atoms with Gasteiger partial charge in [0.25, 0.3) is 10.2 Å². The van der Waals surface area contributed by atoms with E-state index >= 15 is 0 Å². The minimum Gasteiger partial charge on any atom is -0.372 e. The van der Waals surface area contributed by atoms with Gasteiger partial charge in [-0.2, -0.15) is 21.9 Å². The lowest BCUT2D eigenvalue weighted by molar-refractivity contribution is -0.122. The van der Waals surface area contributed by atoms with E-state index in [9.17, 15) is 26.0 Å². The van der Waals surface area contributed by atoms with Gasteiger partial charge in [0, 0.05) is 18.8 Å². The van der Waals surface area contributed by atoms with Crippen molar-refractivity contribution in [1.29, 1.82) is 0 Å². The number of nitrogens with zero attached hydrogens (tertiary/aromatic N) is 1. The summed E-state index contributed by atoms with van der Waals surface area (Å²) in [4.78, 5) is 1.97. The standard InChI is InChI=1S/C14H21F4N3O2S/c1-4-21(5-2)11-7-6-10(3)12(8-11)20-24(22,23)19-9-14(17,18)13(15)16/h6-8,13,19-20H,4-5,9H2,1-3H3. The highest BCUT2D eigenvalue weighted by atomic mass is 32.2. The van der Waals surface area contributed by atoms with E-state index in [1.165, 1.54) is 4.72 Å². The number of rotatable bonds is 9. The third-order valence-electron chi connectivity index (χ3n) is 3.41. The van der Waals surface area contributed by atoms with Crippen LogP contribution in [0.1, 0.15) is 19.4 Å². The minimum atomic E-state index is -4.44. The van der Waals surface area contributed by atoms with Gasteiger partial charge < -0.3 is 4.90 Å². The van der Waals surface area contributed by atoms with Crippen LogP contribution in [0.2, 0.25) is 0 Å². The van der Waals surface area contributed by atoms with Gasteiger partial charge in [0.1, 0.15) is 0 Å². The molecule has 0 amide bonds. The first-order valence-corrected chi connectivity index (χ1v) is 8.79. The van der Waals surface area contributed by atoms with E-state index in [1.54, 1.807) is 25.1 Å². The second-order valence-corrected chi connectivity index (χ2v) is 6.66. The molecule has 0 heterocycles. The van der Waals surface area contributed by atoms with E-state index in [2.05, 4.69) is 4.72 Å². The fourth-order valence-electron chi connectivity index (χ4n) is 1.95. The van der Waals surface area contributed by atoms with Gasteiger partial charge in [-0.05, 0) is 38.5 Å². The van der Waals surface area contributed by atoms with Crippen LogP contribution >= 0.6 is 0 Å². The molecule has 0 aromatic heterocycles. The van der Waals surface area contributed by atoms with Gasteiger partial charge >= 0.3 is 12.3 Å². The smallest absolute Gasteiger partial charge is 0.320 e. The van der Waals surface area contributed by atoms with Crippen molar-refractivity contribution in [3.8, 4) is 0 Å². The lowest BCUT2D eigenvalue weighted by Crippen LogP contribution is -2.43. The molecule has 0 fully saturated rings. The Morgan fingerprint density at radius 1 is 1.21 bits per heavy atom. The molecule has 0 bridgehead atoms. The summed E-state index contributed by atoms with van der Waals surface area (Å²) in [6.45, 7) is 5.21. The normalized spacial score (nSPS) is 12.5. The first-order valence-electron chi connectivity index (χ1n) is 7.31. The maximum Gasteiger partial charge on any atom is 0.320 e. The van der Waals surface area contributed by atoms with Crippen molar-refractivity contribution < 1.29 is 26.0 Å². The number of hydrogen-bond donors (Lipinski definition) is 2. The van der Waals surface area contributed by atoms with Crippen LogP contribution in [-0.4, -0.2) is 40.4 Å². The molecule has 1 aromatic rings. The maximum absolute atomic E-state index is 12.8. The van der Waals surface area contributed by atoms with Gasteiger partial charge in [-0.15, -0.1) is 0 Å². The molecule has 0 atom stereocenters. The second-order valence-electron chi connectivity index (χ2n) is 5.16. The molecule has 1 rings (SSSR count). The van der Waals surface area contributed by atoms with Gasteiger partial charge in [0.15, 0.2) is 0 Å². The van der Waals surface area contributed by atoms with Crippen LogP contribution in [0.4, 0.5) is 28.9 Å². The number of aryl methyl sites for hydroxylation is 1. The summed E-state index contributed by atoms with van der Waals surface area (Å²) in [6, 6.07) is 5.05. The Hall–Kier alpha value is -1.55. The zero-order valence-corrected chi connectivity index (χ0v) is 14.4. The summed E-state index contributed by atoms with van der Waals surface area (Å²) in [5.41, 5.74) is 1.50. The first kappa shape index (κ1) is 20.5. The summed E-state index contributed by atoms with van der Waals surface area (Å²) in [7, 11) is -4.41. The Morgan fingerprint density at radius 2 is 1.79 bits per heavy atom. The van der Waals surface area contributed by atoms with E-state index in [1.807, 2.05) is 18.7 Å². The molecule has 10 heteroatoms. The maximum atomic E-state index is 12.8. The monoisotopic (exact) mass is 371 g/mol. The van der Waals surface area contributed by atoms with Crippen molar-refractivity contribution in [2.24, 2.45) is 0 Å². The largest absolute Gasteiger partial charge is 0.372 e. The molecule has 2 N–H and O–H groups in total. The number of nitrogens with one attached hydrogen (secondary N) is 2. The molecule has 0 unspecified atom stereocenters. The number of anilines is 2. The topological polar surface area (TPSA) is 61.4 Å². The van der Waals surface area contributed by atoms with E-state index in [4.69, 9.17) is 0 Å². The summed E-state index contributed by atoms with van der Waals surface area (Å²) < 4.78 is 77.1. The van der Waals surface area contributed by atoms with Crippen LogP contribution in [0.3, 0.4) is 0 Å². The fraction of sp³-hybridized carbons (Fsp3) is 0.571. The summed E-state index contributed by atoms with van der Waals surface area (Å²) in [5.74, 6) is -4.44.